The van der Waals surface area contributed by atoms with Crippen molar-refractivity contribution in [1.82, 2.24) is 10.2 Å². The van der Waals surface area contributed by atoms with Gasteiger partial charge in [-0.1, -0.05) is 13.3 Å². The summed E-state index contributed by atoms with van der Waals surface area (Å²) in [4.78, 5) is 24.4. The van der Waals surface area contributed by atoms with Gasteiger partial charge in [0.15, 0.2) is 0 Å². The predicted octanol–water partition coefficient (Wildman–Crippen LogP) is 0.669. The summed E-state index contributed by atoms with van der Waals surface area (Å²) in [5.74, 6) is -1.13. The van der Waals surface area contributed by atoms with Crippen LogP contribution in [0.4, 0.5) is 4.79 Å². The van der Waals surface area contributed by atoms with Crippen molar-refractivity contribution in [2.45, 2.75) is 45.3 Å². The van der Waals surface area contributed by atoms with Gasteiger partial charge in [-0.2, -0.15) is 0 Å². The highest BCUT2D eigenvalue weighted by atomic mass is 16.5. The SMILES string of the molecule is CC(CCCC(C)C(=O)O)NC(=O)N1CCOC(CO)C1. The zero-order chi connectivity index (χ0) is 15.8. The largest absolute Gasteiger partial charge is 0.481 e. The second kappa shape index (κ2) is 8.84. The van der Waals surface area contributed by atoms with Crippen molar-refractivity contribution in [3.05, 3.63) is 0 Å². The number of amides is 2. The third kappa shape index (κ3) is 6.31. The lowest BCUT2D eigenvalue weighted by atomic mass is 10.0. The maximum atomic E-state index is 12.1. The quantitative estimate of drug-likeness (QED) is 0.642. The fraction of sp³-hybridized carbons (Fsp3) is 0.857. The van der Waals surface area contributed by atoms with E-state index in [1.54, 1.807) is 11.8 Å². The van der Waals surface area contributed by atoms with Crippen molar-refractivity contribution in [2.24, 2.45) is 5.92 Å². The summed E-state index contributed by atoms with van der Waals surface area (Å²) in [5.41, 5.74) is 0. The molecule has 0 aliphatic carbocycles. The van der Waals surface area contributed by atoms with Crippen molar-refractivity contribution in [3.8, 4) is 0 Å². The highest BCUT2D eigenvalue weighted by Gasteiger charge is 2.24. The van der Waals surface area contributed by atoms with E-state index < -0.39 is 5.97 Å². The minimum Gasteiger partial charge on any atom is -0.481 e. The molecule has 122 valence electrons. The fourth-order valence-electron chi connectivity index (χ4n) is 2.24. The zero-order valence-corrected chi connectivity index (χ0v) is 12.7. The van der Waals surface area contributed by atoms with E-state index in [1.165, 1.54) is 0 Å². The van der Waals surface area contributed by atoms with E-state index in [1.807, 2.05) is 6.92 Å². The normalized spacial score (nSPS) is 21.7. The molecule has 1 aliphatic heterocycles. The topological polar surface area (TPSA) is 99.1 Å². The molecule has 1 saturated heterocycles. The first-order valence-corrected chi connectivity index (χ1v) is 7.44. The summed E-state index contributed by atoms with van der Waals surface area (Å²) in [6.45, 7) is 4.85. The molecule has 1 heterocycles. The van der Waals surface area contributed by atoms with Crippen molar-refractivity contribution in [3.63, 3.8) is 0 Å². The molecular formula is C14H26N2O5. The molecule has 0 spiro atoms. The number of urea groups is 1. The fourth-order valence-corrected chi connectivity index (χ4v) is 2.24. The third-order valence-corrected chi connectivity index (χ3v) is 3.70. The lowest BCUT2D eigenvalue weighted by Gasteiger charge is -2.32. The number of carbonyl (C=O) groups is 2. The number of hydrogen-bond donors (Lipinski definition) is 3. The molecule has 1 rings (SSSR count). The molecule has 3 atom stereocenters. The highest BCUT2D eigenvalue weighted by Crippen LogP contribution is 2.10. The van der Waals surface area contributed by atoms with Crippen LogP contribution in [0.25, 0.3) is 0 Å². The van der Waals surface area contributed by atoms with Gasteiger partial charge in [0.05, 0.1) is 31.8 Å². The Kier molecular flexibility index (Phi) is 7.45. The number of carboxylic acids is 1. The molecule has 3 unspecified atom stereocenters. The molecule has 0 bridgehead atoms. The Morgan fingerprint density at radius 2 is 2.10 bits per heavy atom. The number of aliphatic carboxylic acids is 1. The van der Waals surface area contributed by atoms with Crippen molar-refractivity contribution in [2.75, 3.05) is 26.3 Å². The Morgan fingerprint density at radius 1 is 1.38 bits per heavy atom. The molecule has 0 aromatic carbocycles. The van der Waals surface area contributed by atoms with Gasteiger partial charge in [-0.3, -0.25) is 4.79 Å². The smallest absolute Gasteiger partial charge is 0.317 e. The molecule has 7 nitrogen and oxygen atoms in total. The summed E-state index contributed by atoms with van der Waals surface area (Å²) in [7, 11) is 0. The predicted molar refractivity (Wildman–Crippen MR) is 77.0 cm³/mol. The Morgan fingerprint density at radius 3 is 2.71 bits per heavy atom. The number of aliphatic hydroxyl groups excluding tert-OH is 1. The summed E-state index contributed by atoms with van der Waals surface area (Å²) in [5, 5.41) is 20.8. The number of nitrogens with zero attached hydrogens (tertiary/aromatic N) is 1. The van der Waals surface area contributed by atoms with Crippen LogP contribution in [-0.4, -0.2) is 65.6 Å². The Balaban J connectivity index is 2.25. The van der Waals surface area contributed by atoms with Gasteiger partial charge in [0.2, 0.25) is 0 Å². The molecule has 0 aromatic heterocycles. The molecule has 0 aromatic rings. The number of carboxylic acid groups (broad SMARTS) is 1. The van der Waals surface area contributed by atoms with Gasteiger partial charge in [-0.25, -0.2) is 4.79 Å². The second-order valence-electron chi connectivity index (χ2n) is 5.64. The molecule has 0 saturated carbocycles. The van der Waals surface area contributed by atoms with Crippen LogP contribution in [0.5, 0.6) is 0 Å². The maximum absolute atomic E-state index is 12.1. The minimum absolute atomic E-state index is 0.00563. The average Bonchev–Trinajstić information content (AvgIpc) is 2.46. The summed E-state index contributed by atoms with van der Waals surface area (Å²) >= 11 is 0. The van der Waals surface area contributed by atoms with E-state index in [9.17, 15) is 9.59 Å². The van der Waals surface area contributed by atoms with Gasteiger partial charge in [0.1, 0.15) is 0 Å². The van der Waals surface area contributed by atoms with E-state index >= 15 is 0 Å². The van der Waals surface area contributed by atoms with Gasteiger partial charge >= 0.3 is 12.0 Å². The lowest BCUT2D eigenvalue weighted by Crippen LogP contribution is -2.52. The Hall–Kier alpha value is -1.34. The second-order valence-corrected chi connectivity index (χ2v) is 5.64. The van der Waals surface area contributed by atoms with Crippen LogP contribution in [0.1, 0.15) is 33.1 Å². The number of rotatable bonds is 7. The van der Waals surface area contributed by atoms with Crippen molar-refractivity contribution >= 4 is 12.0 Å². The van der Waals surface area contributed by atoms with Gasteiger partial charge in [-0.05, 0) is 19.8 Å². The van der Waals surface area contributed by atoms with Crippen LogP contribution in [-0.2, 0) is 9.53 Å². The van der Waals surface area contributed by atoms with Crippen LogP contribution < -0.4 is 5.32 Å². The van der Waals surface area contributed by atoms with Gasteiger partial charge < -0.3 is 25.2 Å². The average molecular weight is 302 g/mol. The van der Waals surface area contributed by atoms with Crippen LogP contribution in [0, 0.1) is 5.92 Å². The first kappa shape index (κ1) is 17.7. The molecule has 2 amide bonds. The molecule has 21 heavy (non-hydrogen) atoms. The maximum Gasteiger partial charge on any atom is 0.317 e. The van der Waals surface area contributed by atoms with E-state index in [0.29, 0.717) is 26.1 Å². The number of carbonyl (C=O) groups excluding carboxylic acids is 1. The number of aliphatic hydroxyl groups is 1. The van der Waals surface area contributed by atoms with E-state index in [4.69, 9.17) is 14.9 Å². The minimum atomic E-state index is -0.782. The van der Waals surface area contributed by atoms with E-state index in [-0.39, 0.29) is 30.7 Å². The monoisotopic (exact) mass is 302 g/mol. The van der Waals surface area contributed by atoms with Crippen LogP contribution >= 0.6 is 0 Å². The lowest BCUT2D eigenvalue weighted by molar-refractivity contribution is -0.141. The van der Waals surface area contributed by atoms with Crippen molar-refractivity contribution < 1.29 is 24.5 Å². The summed E-state index contributed by atoms with van der Waals surface area (Å²) in [6, 6.07) is -0.163. The molecule has 3 N–H and O–H groups in total. The molecule has 1 fully saturated rings. The zero-order valence-electron chi connectivity index (χ0n) is 12.7. The summed E-state index contributed by atoms with van der Waals surface area (Å²) < 4.78 is 5.30. The van der Waals surface area contributed by atoms with E-state index in [0.717, 1.165) is 12.8 Å². The number of morpholine rings is 1. The Labute approximate surface area is 125 Å². The van der Waals surface area contributed by atoms with Crippen LogP contribution in [0.2, 0.25) is 0 Å². The molecule has 0 radical (unpaired) electrons. The van der Waals surface area contributed by atoms with Gasteiger partial charge in [0.25, 0.3) is 0 Å². The standard InChI is InChI=1S/C14H26N2O5/c1-10(13(18)19)4-3-5-11(2)15-14(20)16-6-7-21-12(8-16)9-17/h10-12,17H,3-9H2,1-2H3,(H,15,20)(H,18,19). The molecular weight excluding hydrogens is 276 g/mol. The van der Waals surface area contributed by atoms with Crippen molar-refractivity contribution in [1.29, 1.82) is 0 Å². The first-order chi connectivity index (χ1) is 9.93. The third-order valence-electron chi connectivity index (χ3n) is 3.70. The number of nitrogens with one attached hydrogen (secondary N) is 1. The molecule has 7 heteroatoms. The van der Waals surface area contributed by atoms with Gasteiger partial charge in [0, 0.05) is 12.6 Å². The van der Waals surface area contributed by atoms with Crippen LogP contribution in [0.3, 0.4) is 0 Å². The first-order valence-electron chi connectivity index (χ1n) is 7.44. The number of hydrogen-bond acceptors (Lipinski definition) is 4. The number of ether oxygens (including phenoxy) is 1. The van der Waals surface area contributed by atoms with Gasteiger partial charge in [-0.15, -0.1) is 0 Å². The Bertz CT molecular complexity index is 350. The summed E-state index contributed by atoms with van der Waals surface area (Å²) in [6.07, 6.45) is 1.81. The van der Waals surface area contributed by atoms with E-state index in [2.05, 4.69) is 5.32 Å². The highest BCUT2D eigenvalue weighted by molar-refractivity contribution is 5.74. The van der Waals surface area contributed by atoms with Crippen LogP contribution in [0.15, 0.2) is 0 Å². The molecule has 1 aliphatic rings.